The van der Waals surface area contributed by atoms with E-state index in [-0.39, 0.29) is 17.5 Å². The monoisotopic (exact) mass is 256 g/mol. The lowest BCUT2D eigenvalue weighted by Gasteiger charge is -2.35. The molecule has 94 valence electrons. The maximum atomic E-state index is 5.78. The van der Waals surface area contributed by atoms with Crippen molar-refractivity contribution in [1.82, 2.24) is 14.9 Å². The summed E-state index contributed by atoms with van der Waals surface area (Å²) in [6.45, 7) is 6.66. The Kier molecular flexibility index (Phi) is 3.81. The van der Waals surface area contributed by atoms with E-state index in [0.717, 1.165) is 25.3 Å². The van der Waals surface area contributed by atoms with Gasteiger partial charge in [-0.15, -0.1) is 0 Å². The third-order valence-electron chi connectivity index (χ3n) is 2.65. The molecule has 5 nitrogen and oxygen atoms in total. The second-order valence-electron chi connectivity index (χ2n) is 4.50. The van der Waals surface area contributed by atoms with Crippen LogP contribution < -0.4 is 5.73 Å². The summed E-state index contributed by atoms with van der Waals surface area (Å²) >= 11 is 5.78. The maximum absolute atomic E-state index is 5.78. The molecule has 0 aromatic carbocycles. The van der Waals surface area contributed by atoms with Crippen molar-refractivity contribution in [2.24, 2.45) is 0 Å². The number of aromatic nitrogens is 2. The molecular weight excluding hydrogens is 240 g/mol. The molecule has 0 amide bonds. The van der Waals surface area contributed by atoms with Crippen molar-refractivity contribution >= 4 is 17.4 Å². The molecule has 6 heteroatoms. The molecule has 2 heterocycles. The molecule has 1 aliphatic heterocycles. The number of hydrogen-bond acceptors (Lipinski definition) is 5. The van der Waals surface area contributed by atoms with Gasteiger partial charge in [0.15, 0.2) is 0 Å². The third-order valence-corrected chi connectivity index (χ3v) is 2.82. The minimum Gasteiger partial charge on any atom is -0.384 e. The number of anilines is 1. The lowest BCUT2D eigenvalue weighted by molar-refractivity contribution is -0.0707. The van der Waals surface area contributed by atoms with Gasteiger partial charge in [0, 0.05) is 25.7 Å². The highest BCUT2D eigenvalue weighted by Crippen LogP contribution is 2.15. The number of halogens is 1. The summed E-state index contributed by atoms with van der Waals surface area (Å²) in [6, 6.07) is 1.76. The van der Waals surface area contributed by atoms with Crippen molar-refractivity contribution < 1.29 is 4.74 Å². The van der Waals surface area contributed by atoms with Gasteiger partial charge in [-0.2, -0.15) is 0 Å². The zero-order chi connectivity index (χ0) is 12.4. The number of morpholine rings is 1. The van der Waals surface area contributed by atoms with Crippen LogP contribution in [0.15, 0.2) is 6.07 Å². The number of nitrogen functional groups attached to an aromatic ring is 1. The van der Waals surface area contributed by atoms with E-state index < -0.39 is 0 Å². The number of ether oxygens (including phenoxy) is 1. The Morgan fingerprint density at radius 1 is 1.41 bits per heavy atom. The molecule has 2 atom stereocenters. The van der Waals surface area contributed by atoms with Crippen molar-refractivity contribution in [2.45, 2.75) is 32.6 Å². The zero-order valence-electron chi connectivity index (χ0n) is 10.1. The highest BCUT2D eigenvalue weighted by molar-refractivity contribution is 6.28. The van der Waals surface area contributed by atoms with Crippen molar-refractivity contribution in [1.29, 1.82) is 0 Å². The van der Waals surface area contributed by atoms with Crippen molar-refractivity contribution in [2.75, 3.05) is 18.8 Å². The fourth-order valence-electron chi connectivity index (χ4n) is 2.21. The zero-order valence-corrected chi connectivity index (χ0v) is 10.8. The van der Waals surface area contributed by atoms with Crippen LogP contribution in [0, 0.1) is 0 Å². The molecule has 0 unspecified atom stereocenters. The van der Waals surface area contributed by atoms with Crippen molar-refractivity contribution in [3.63, 3.8) is 0 Å². The molecular formula is C11H17ClN4O. The van der Waals surface area contributed by atoms with Crippen LogP contribution in [-0.4, -0.2) is 40.2 Å². The van der Waals surface area contributed by atoms with Gasteiger partial charge < -0.3 is 10.5 Å². The first-order valence-electron chi connectivity index (χ1n) is 5.69. The SMILES string of the molecule is C[C@@H]1CN(Cc2cc(N)nc(Cl)n2)C[C@H](C)O1. The van der Waals surface area contributed by atoms with Crippen LogP contribution in [0.1, 0.15) is 19.5 Å². The minimum atomic E-state index is 0.203. The summed E-state index contributed by atoms with van der Waals surface area (Å²) in [6.07, 6.45) is 0.488. The second kappa shape index (κ2) is 5.16. The molecule has 2 rings (SSSR count). The third kappa shape index (κ3) is 3.52. The second-order valence-corrected chi connectivity index (χ2v) is 4.84. The van der Waals surface area contributed by atoms with Crippen LogP contribution >= 0.6 is 11.6 Å². The van der Waals surface area contributed by atoms with E-state index in [1.807, 2.05) is 0 Å². The van der Waals surface area contributed by atoms with Crippen LogP contribution in [0.4, 0.5) is 5.82 Å². The summed E-state index contributed by atoms with van der Waals surface area (Å²) in [4.78, 5) is 10.3. The van der Waals surface area contributed by atoms with E-state index in [2.05, 4.69) is 28.7 Å². The van der Waals surface area contributed by atoms with Crippen LogP contribution in [0.25, 0.3) is 0 Å². The lowest BCUT2D eigenvalue weighted by atomic mass is 10.2. The molecule has 0 radical (unpaired) electrons. The highest BCUT2D eigenvalue weighted by Gasteiger charge is 2.22. The predicted molar refractivity (Wildman–Crippen MR) is 66.7 cm³/mol. The Bertz CT molecular complexity index is 371. The summed E-state index contributed by atoms with van der Waals surface area (Å²) in [5.74, 6) is 0.411. The molecule has 17 heavy (non-hydrogen) atoms. The van der Waals surface area contributed by atoms with E-state index in [1.165, 1.54) is 0 Å². The molecule has 1 saturated heterocycles. The Labute approximate surface area is 106 Å². The Morgan fingerprint density at radius 2 is 2.06 bits per heavy atom. The van der Waals surface area contributed by atoms with Gasteiger partial charge in [-0.05, 0) is 25.4 Å². The van der Waals surface area contributed by atoms with Gasteiger partial charge >= 0.3 is 0 Å². The topological polar surface area (TPSA) is 64.3 Å². The summed E-state index contributed by atoms with van der Waals surface area (Å²) in [7, 11) is 0. The standard InChI is InChI=1S/C11H17ClN4O/c1-7-4-16(5-8(2)17-7)6-9-3-10(13)15-11(12)14-9/h3,7-8H,4-6H2,1-2H3,(H2,13,14,15)/t7-,8+. The van der Waals surface area contributed by atoms with E-state index >= 15 is 0 Å². The van der Waals surface area contributed by atoms with E-state index in [1.54, 1.807) is 6.07 Å². The van der Waals surface area contributed by atoms with Crippen molar-refractivity contribution in [3.05, 3.63) is 17.0 Å². The fraction of sp³-hybridized carbons (Fsp3) is 0.636. The van der Waals surface area contributed by atoms with Crippen LogP contribution in [0.3, 0.4) is 0 Å². The summed E-state index contributed by atoms with van der Waals surface area (Å²) < 4.78 is 5.68. The molecule has 0 aliphatic carbocycles. The molecule has 0 bridgehead atoms. The van der Waals surface area contributed by atoms with E-state index in [9.17, 15) is 0 Å². The Morgan fingerprint density at radius 3 is 2.65 bits per heavy atom. The molecule has 0 spiro atoms. The maximum Gasteiger partial charge on any atom is 0.224 e. The first kappa shape index (κ1) is 12.5. The number of nitrogens with zero attached hydrogens (tertiary/aromatic N) is 3. The van der Waals surface area contributed by atoms with Gasteiger partial charge in [-0.3, -0.25) is 4.90 Å². The quantitative estimate of drug-likeness (QED) is 0.809. The smallest absolute Gasteiger partial charge is 0.224 e. The Hall–Kier alpha value is -0.910. The highest BCUT2D eigenvalue weighted by atomic mass is 35.5. The van der Waals surface area contributed by atoms with Crippen LogP contribution in [0.2, 0.25) is 5.28 Å². The van der Waals surface area contributed by atoms with Gasteiger partial charge in [0.05, 0.1) is 17.9 Å². The minimum absolute atomic E-state index is 0.203. The largest absolute Gasteiger partial charge is 0.384 e. The molecule has 2 N–H and O–H groups in total. The molecule has 1 aromatic rings. The fourth-order valence-corrected chi connectivity index (χ4v) is 2.42. The van der Waals surface area contributed by atoms with Crippen LogP contribution in [-0.2, 0) is 11.3 Å². The van der Waals surface area contributed by atoms with Crippen LogP contribution in [0.5, 0.6) is 0 Å². The lowest BCUT2D eigenvalue weighted by Crippen LogP contribution is -2.44. The Balaban J connectivity index is 2.04. The number of rotatable bonds is 2. The summed E-state index contributed by atoms with van der Waals surface area (Å²) in [5.41, 5.74) is 6.49. The average molecular weight is 257 g/mol. The summed E-state index contributed by atoms with van der Waals surface area (Å²) in [5, 5.41) is 0.203. The van der Waals surface area contributed by atoms with Gasteiger partial charge in [0.25, 0.3) is 0 Å². The van der Waals surface area contributed by atoms with E-state index in [0.29, 0.717) is 5.82 Å². The van der Waals surface area contributed by atoms with Gasteiger partial charge in [-0.25, -0.2) is 9.97 Å². The van der Waals surface area contributed by atoms with Gasteiger partial charge in [0.2, 0.25) is 5.28 Å². The first-order chi connectivity index (χ1) is 8.02. The average Bonchev–Trinajstić information content (AvgIpc) is 2.13. The number of hydrogen-bond donors (Lipinski definition) is 1. The van der Waals surface area contributed by atoms with E-state index in [4.69, 9.17) is 22.1 Å². The molecule has 1 fully saturated rings. The van der Waals surface area contributed by atoms with Crippen molar-refractivity contribution in [3.8, 4) is 0 Å². The van der Waals surface area contributed by atoms with Gasteiger partial charge in [0.1, 0.15) is 5.82 Å². The predicted octanol–water partition coefficient (Wildman–Crippen LogP) is 1.32. The van der Waals surface area contributed by atoms with Gasteiger partial charge in [-0.1, -0.05) is 0 Å². The molecule has 1 aromatic heterocycles. The molecule has 0 saturated carbocycles. The first-order valence-corrected chi connectivity index (χ1v) is 6.07. The number of nitrogens with two attached hydrogens (primary N) is 1. The normalized spacial score (nSPS) is 26.1. The molecule has 1 aliphatic rings.